The molecule has 1 N–H and O–H groups in total. The van der Waals surface area contributed by atoms with Crippen LogP contribution in [0.3, 0.4) is 0 Å². The molecule has 0 aliphatic rings. The zero-order chi connectivity index (χ0) is 9.68. The van der Waals surface area contributed by atoms with Crippen LogP contribution in [0.1, 0.15) is 24.2 Å². The molecular weight excluding hydrogens is 168 g/mol. The van der Waals surface area contributed by atoms with Crippen molar-refractivity contribution in [3.05, 3.63) is 23.8 Å². The summed E-state index contributed by atoms with van der Waals surface area (Å²) < 4.78 is 0. The van der Waals surface area contributed by atoms with Crippen molar-refractivity contribution in [2.45, 2.75) is 26.2 Å². The minimum atomic E-state index is -0.764. The molecule has 70 valence electrons. The van der Waals surface area contributed by atoms with E-state index >= 15 is 0 Å². The summed E-state index contributed by atoms with van der Waals surface area (Å²) in [5, 5.41) is 8.40. The lowest BCUT2D eigenvalue weighted by Crippen LogP contribution is -1.98. The second kappa shape index (κ2) is 4.54. The fourth-order valence-corrected chi connectivity index (χ4v) is 0.969. The highest BCUT2D eigenvalue weighted by molar-refractivity contribution is 5.66. The van der Waals surface area contributed by atoms with E-state index < -0.39 is 5.97 Å². The lowest BCUT2D eigenvalue weighted by atomic mass is 10.2. The predicted octanol–water partition coefficient (Wildman–Crippen LogP) is 1.19. The highest BCUT2D eigenvalue weighted by Crippen LogP contribution is 2.00. The van der Waals surface area contributed by atoms with E-state index in [1.54, 1.807) is 12.4 Å². The first-order valence-electron chi connectivity index (χ1n) is 4.18. The van der Waals surface area contributed by atoms with Crippen LogP contribution in [0.15, 0.2) is 12.4 Å². The summed E-state index contributed by atoms with van der Waals surface area (Å²) in [4.78, 5) is 18.4. The molecule has 13 heavy (non-hydrogen) atoms. The van der Waals surface area contributed by atoms with Crippen molar-refractivity contribution in [3.63, 3.8) is 0 Å². The third kappa shape index (κ3) is 3.64. The van der Waals surface area contributed by atoms with Crippen LogP contribution in [0, 0.1) is 6.92 Å². The van der Waals surface area contributed by atoms with Crippen molar-refractivity contribution in [2.75, 3.05) is 0 Å². The van der Waals surface area contributed by atoms with Crippen molar-refractivity contribution < 1.29 is 9.90 Å². The molecule has 1 heterocycles. The standard InChI is InChI=1S/C9H12N2O2/c1-7-5-11-8(6-10-7)3-2-4-9(12)13/h5-6H,2-4H2,1H3,(H,12,13). The molecule has 0 unspecified atom stereocenters. The number of aryl methyl sites for hydroxylation is 2. The minimum Gasteiger partial charge on any atom is -0.481 e. The molecule has 0 amide bonds. The molecule has 0 aliphatic heterocycles. The molecule has 0 aliphatic carbocycles. The molecule has 0 saturated carbocycles. The number of hydrogen-bond acceptors (Lipinski definition) is 3. The van der Waals surface area contributed by atoms with E-state index in [2.05, 4.69) is 9.97 Å². The second-order valence-electron chi connectivity index (χ2n) is 2.90. The van der Waals surface area contributed by atoms with Gasteiger partial charge in [-0.2, -0.15) is 0 Å². The average Bonchev–Trinajstić information content (AvgIpc) is 2.08. The van der Waals surface area contributed by atoms with E-state index in [4.69, 9.17) is 5.11 Å². The normalized spacial score (nSPS) is 9.92. The minimum absolute atomic E-state index is 0.190. The van der Waals surface area contributed by atoms with E-state index in [1.165, 1.54) is 0 Å². The van der Waals surface area contributed by atoms with Gasteiger partial charge in [-0.15, -0.1) is 0 Å². The van der Waals surface area contributed by atoms with Gasteiger partial charge < -0.3 is 5.11 Å². The molecule has 0 saturated heterocycles. The Hall–Kier alpha value is -1.45. The van der Waals surface area contributed by atoms with Crippen LogP contribution in [0.25, 0.3) is 0 Å². The topological polar surface area (TPSA) is 63.1 Å². The first kappa shape index (κ1) is 9.64. The smallest absolute Gasteiger partial charge is 0.303 e. The summed E-state index contributed by atoms with van der Waals surface area (Å²) in [6, 6.07) is 0. The monoisotopic (exact) mass is 180 g/mol. The number of rotatable bonds is 4. The summed E-state index contributed by atoms with van der Waals surface area (Å²) in [7, 11) is 0. The van der Waals surface area contributed by atoms with Gasteiger partial charge in [0.2, 0.25) is 0 Å². The molecule has 0 aromatic carbocycles. The van der Waals surface area contributed by atoms with E-state index in [1.807, 2.05) is 6.92 Å². The zero-order valence-electron chi connectivity index (χ0n) is 7.53. The van der Waals surface area contributed by atoms with Crippen molar-refractivity contribution in [3.8, 4) is 0 Å². The summed E-state index contributed by atoms with van der Waals surface area (Å²) >= 11 is 0. The van der Waals surface area contributed by atoms with Gasteiger partial charge >= 0.3 is 5.97 Å². The van der Waals surface area contributed by atoms with Gasteiger partial charge in [0.05, 0.1) is 11.4 Å². The molecule has 0 spiro atoms. The van der Waals surface area contributed by atoms with Gasteiger partial charge in [0.25, 0.3) is 0 Å². The molecule has 0 atom stereocenters. The van der Waals surface area contributed by atoms with Gasteiger partial charge in [-0.25, -0.2) is 0 Å². The molecule has 1 aromatic rings. The lowest BCUT2D eigenvalue weighted by molar-refractivity contribution is -0.137. The molecular formula is C9H12N2O2. The number of aromatic nitrogens is 2. The van der Waals surface area contributed by atoms with E-state index in [9.17, 15) is 4.79 Å². The highest BCUT2D eigenvalue weighted by atomic mass is 16.4. The number of aliphatic carboxylic acids is 1. The van der Waals surface area contributed by atoms with E-state index in [0.717, 1.165) is 11.4 Å². The largest absolute Gasteiger partial charge is 0.481 e. The highest BCUT2D eigenvalue weighted by Gasteiger charge is 1.99. The Balaban J connectivity index is 2.37. The Labute approximate surface area is 76.7 Å². The summed E-state index contributed by atoms with van der Waals surface area (Å²) in [5.74, 6) is -0.764. The molecule has 0 bridgehead atoms. The Morgan fingerprint density at radius 2 is 2.23 bits per heavy atom. The van der Waals surface area contributed by atoms with Crippen LogP contribution in [0.5, 0.6) is 0 Å². The Bertz CT molecular complexity index is 282. The molecule has 0 fully saturated rings. The van der Waals surface area contributed by atoms with E-state index in [0.29, 0.717) is 12.8 Å². The number of carbonyl (C=O) groups is 1. The van der Waals surface area contributed by atoms with Crippen molar-refractivity contribution in [2.24, 2.45) is 0 Å². The fraction of sp³-hybridized carbons (Fsp3) is 0.444. The van der Waals surface area contributed by atoms with Gasteiger partial charge in [-0.1, -0.05) is 0 Å². The molecule has 4 nitrogen and oxygen atoms in total. The number of carboxylic acid groups (broad SMARTS) is 1. The summed E-state index contributed by atoms with van der Waals surface area (Å²) in [6.45, 7) is 1.87. The Kier molecular flexibility index (Phi) is 3.37. The first-order valence-corrected chi connectivity index (χ1v) is 4.18. The van der Waals surface area contributed by atoms with Crippen LogP contribution in [0.4, 0.5) is 0 Å². The van der Waals surface area contributed by atoms with Crippen LogP contribution < -0.4 is 0 Å². The molecule has 1 rings (SSSR count). The zero-order valence-corrected chi connectivity index (χ0v) is 7.53. The predicted molar refractivity (Wildman–Crippen MR) is 47.3 cm³/mol. The average molecular weight is 180 g/mol. The fourth-order valence-electron chi connectivity index (χ4n) is 0.969. The van der Waals surface area contributed by atoms with Crippen molar-refractivity contribution in [1.82, 2.24) is 9.97 Å². The van der Waals surface area contributed by atoms with Gasteiger partial charge in [-0.05, 0) is 19.8 Å². The third-order valence-corrected chi connectivity index (χ3v) is 1.66. The first-order chi connectivity index (χ1) is 6.18. The number of carboxylic acids is 1. The van der Waals surface area contributed by atoms with Gasteiger partial charge in [0, 0.05) is 18.8 Å². The van der Waals surface area contributed by atoms with Crippen molar-refractivity contribution >= 4 is 5.97 Å². The van der Waals surface area contributed by atoms with Crippen molar-refractivity contribution in [1.29, 1.82) is 0 Å². The maximum atomic E-state index is 10.2. The maximum absolute atomic E-state index is 10.2. The summed E-state index contributed by atoms with van der Waals surface area (Å²) in [6.07, 6.45) is 4.87. The lowest BCUT2D eigenvalue weighted by Gasteiger charge is -1.98. The Morgan fingerprint density at radius 3 is 2.77 bits per heavy atom. The number of hydrogen-bond donors (Lipinski definition) is 1. The Morgan fingerprint density at radius 1 is 1.46 bits per heavy atom. The number of nitrogens with zero attached hydrogens (tertiary/aromatic N) is 2. The van der Waals surface area contributed by atoms with Crippen LogP contribution >= 0.6 is 0 Å². The maximum Gasteiger partial charge on any atom is 0.303 e. The van der Waals surface area contributed by atoms with Gasteiger partial charge in [-0.3, -0.25) is 14.8 Å². The SMILES string of the molecule is Cc1cnc(CCCC(=O)O)cn1. The van der Waals surface area contributed by atoms with Gasteiger partial charge in [0.15, 0.2) is 0 Å². The van der Waals surface area contributed by atoms with Crippen LogP contribution in [-0.2, 0) is 11.2 Å². The van der Waals surface area contributed by atoms with E-state index in [-0.39, 0.29) is 6.42 Å². The van der Waals surface area contributed by atoms with Gasteiger partial charge in [0.1, 0.15) is 0 Å². The molecule has 0 radical (unpaired) electrons. The third-order valence-electron chi connectivity index (χ3n) is 1.66. The summed E-state index contributed by atoms with van der Waals surface area (Å²) in [5.41, 5.74) is 1.73. The quantitative estimate of drug-likeness (QED) is 0.756. The van der Waals surface area contributed by atoms with Crippen LogP contribution in [0.2, 0.25) is 0 Å². The molecule has 4 heteroatoms. The molecule has 1 aromatic heterocycles. The second-order valence-corrected chi connectivity index (χ2v) is 2.90. The van der Waals surface area contributed by atoms with Crippen LogP contribution in [-0.4, -0.2) is 21.0 Å².